The van der Waals surface area contributed by atoms with Crippen LogP contribution in [0.15, 0.2) is 45.4 Å². The van der Waals surface area contributed by atoms with Crippen LogP contribution in [0.3, 0.4) is 0 Å². The van der Waals surface area contributed by atoms with Crippen LogP contribution in [0.1, 0.15) is 40.9 Å². The van der Waals surface area contributed by atoms with Crippen molar-refractivity contribution >= 4 is 5.91 Å². The lowest BCUT2D eigenvalue weighted by Crippen LogP contribution is -2.30. The third-order valence-corrected chi connectivity index (χ3v) is 4.57. The first kappa shape index (κ1) is 16.4. The van der Waals surface area contributed by atoms with Gasteiger partial charge >= 0.3 is 0 Å². The van der Waals surface area contributed by atoms with Crippen LogP contribution >= 0.6 is 0 Å². The van der Waals surface area contributed by atoms with E-state index in [4.69, 9.17) is 13.8 Å². The summed E-state index contributed by atoms with van der Waals surface area (Å²) >= 11 is 0. The van der Waals surface area contributed by atoms with E-state index in [0.717, 1.165) is 29.8 Å². The minimum absolute atomic E-state index is 0.117. The largest absolute Gasteiger partial charge is 0.497 e. The molecule has 134 valence electrons. The van der Waals surface area contributed by atoms with Crippen molar-refractivity contribution in [3.63, 3.8) is 0 Å². The fourth-order valence-corrected chi connectivity index (χ4v) is 3.28. The summed E-state index contributed by atoms with van der Waals surface area (Å²) in [6.45, 7) is 2.52. The molecule has 1 saturated heterocycles. The maximum Gasteiger partial charge on any atom is 0.293 e. The first-order chi connectivity index (χ1) is 12.7. The Kier molecular flexibility index (Phi) is 4.20. The second-order valence-corrected chi connectivity index (χ2v) is 6.34. The zero-order valence-corrected chi connectivity index (χ0v) is 14.6. The highest BCUT2D eigenvalue weighted by Gasteiger charge is 2.34. The van der Waals surface area contributed by atoms with Gasteiger partial charge in [-0.05, 0) is 31.9 Å². The van der Waals surface area contributed by atoms with E-state index < -0.39 is 0 Å². The summed E-state index contributed by atoms with van der Waals surface area (Å²) in [7, 11) is 1.61. The number of ether oxygens (including phenoxy) is 1. The number of likely N-dealkylation sites (tertiary alicyclic amines) is 1. The number of hydrogen-bond acceptors (Lipinski definition) is 6. The number of amides is 1. The quantitative estimate of drug-likeness (QED) is 0.712. The highest BCUT2D eigenvalue weighted by atomic mass is 16.5. The lowest BCUT2D eigenvalue weighted by Gasteiger charge is -2.20. The van der Waals surface area contributed by atoms with Gasteiger partial charge in [0.25, 0.3) is 5.91 Å². The second kappa shape index (κ2) is 6.67. The molecule has 1 aliphatic heterocycles. The van der Waals surface area contributed by atoms with Crippen LogP contribution < -0.4 is 4.74 Å². The highest BCUT2D eigenvalue weighted by Crippen LogP contribution is 2.34. The van der Waals surface area contributed by atoms with Gasteiger partial charge in [-0.3, -0.25) is 4.79 Å². The Labute approximate surface area is 150 Å². The van der Waals surface area contributed by atoms with E-state index in [1.807, 2.05) is 37.3 Å². The Balaban J connectivity index is 1.57. The fourth-order valence-electron chi connectivity index (χ4n) is 3.28. The Morgan fingerprint density at radius 2 is 2.12 bits per heavy atom. The van der Waals surface area contributed by atoms with Crippen LogP contribution in [0.2, 0.25) is 0 Å². The summed E-state index contributed by atoms with van der Waals surface area (Å²) in [5, 5.41) is 7.97. The summed E-state index contributed by atoms with van der Waals surface area (Å²) in [6.07, 6.45) is 1.75. The molecule has 3 heterocycles. The number of methoxy groups -OCH3 is 1. The lowest BCUT2D eigenvalue weighted by atomic mass is 10.1. The van der Waals surface area contributed by atoms with Gasteiger partial charge in [0, 0.05) is 24.2 Å². The van der Waals surface area contributed by atoms with Gasteiger partial charge in [0.05, 0.1) is 18.8 Å². The summed E-state index contributed by atoms with van der Waals surface area (Å²) in [5.41, 5.74) is 2.23. The molecule has 1 amide bonds. The predicted molar refractivity (Wildman–Crippen MR) is 92.7 cm³/mol. The number of aromatic nitrogens is 2. The van der Waals surface area contributed by atoms with E-state index >= 15 is 0 Å². The first-order valence-electron chi connectivity index (χ1n) is 8.51. The van der Waals surface area contributed by atoms with Crippen molar-refractivity contribution in [2.45, 2.75) is 25.8 Å². The van der Waals surface area contributed by atoms with E-state index in [9.17, 15) is 4.79 Å². The normalized spacial score (nSPS) is 16.8. The molecule has 0 N–H and O–H groups in total. The Hall–Kier alpha value is -3.09. The van der Waals surface area contributed by atoms with Gasteiger partial charge in [-0.25, -0.2) is 0 Å². The van der Waals surface area contributed by atoms with Crippen molar-refractivity contribution in [2.75, 3.05) is 13.7 Å². The van der Waals surface area contributed by atoms with E-state index in [-0.39, 0.29) is 17.7 Å². The Morgan fingerprint density at radius 3 is 2.88 bits per heavy atom. The van der Waals surface area contributed by atoms with Crippen LogP contribution in [-0.2, 0) is 0 Å². The van der Waals surface area contributed by atoms with E-state index in [1.54, 1.807) is 18.1 Å². The van der Waals surface area contributed by atoms with Crippen molar-refractivity contribution in [3.8, 4) is 17.0 Å². The molecule has 1 aromatic carbocycles. The second-order valence-electron chi connectivity index (χ2n) is 6.34. The van der Waals surface area contributed by atoms with E-state index in [0.29, 0.717) is 18.0 Å². The molecular formula is C19H19N3O4. The minimum Gasteiger partial charge on any atom is -0.497 e. The fraction of sp³-hybridized carbons (Fsp3) is 0.316. The molecule has 4 rings (SSSR count). The van der Waals surface area contributed by atoms with E-state index in [2.05, 4.69) is 10.3 Å². The van der Waals surface area contributed by atoms with Gasteiger partial charge in [0.15, 0.2) is 5.76 Å². The number of carbonyl (C=O) groups excluding carboxylic acids is 1. The van der Waals surface area contributed by atoms with Crippen molar-refractivity contribution in [3.05, 3.63) is 53.6 Å². The molecular weight excluding hydrogens is 334 g/mol. The summed E-state index contributed by atoms with van der Waals surface area (Å²) in [4.78, 5) is 14.7. The molecule has 2 aromatic heterocycles. The number of carbonyl (C=O) groups is 1. The lowest BCUT2D eigenvalue weighted by molar-refractivity contribution is 0.0672. The predicted octanol–water partition coefficient (Wildman–Crippen LogP) is 3.62. The molecule has 1 aliphatic rings. The number of rotatable bonds is 4. The monoisotopic (exact) mass is 353 g/mol. The summed E-state index contributed by atoms with van der Waals surface area (Å²) in [6, 6.07) is 10.9. The summed E-state index contributed by atoms with van der Waals surface area (Å²) in [5.74, 6) is 1.45. The van der Waals surface area contributed by atoms with Gasteiger partial charge in [0.1, 0.15) is 11.4 Å². The van der Waals surface area contributed by atoms with E-state index in [1.165, 1.54) is 0 Å². The molecule has 0 bridgehead atoms. The number of hydrogen-bond donors (Lipinski definition) is 0. The van der Waals surface area contributed by atoms with Crippen molar-refractivity contribution < 1.29 is 18.6 Å². The molecule has 1 unspecified atom stereocenters. The maximum atomic E-state index is 12.9. The van der Waals surface area contributed by atoms with Crippen LogP contribution in [0.25, 0.3) is 11.3 Å². The maximum absolute atomic E-state index is 12.9. The Morgan fingerprint density at radius 1 is 1.23 bits per heavy atom. The van der Waals surface area contributed by atoms with Crippen LogP contribution in [0.5, 0.6) is 5.75 Å². The SMILES string of the molecule is COc1cccc(-c2cc(C(=O)N3CCCC3c3cc(C)no3)on2)c1. The van der Waals surface area contributed by atoms with Gasteiger partial charge in [0.2, 0.25) is 5.76 Å². The minimum atomic E-state index is -0.191. The van der Waals surface area contributed by atoms with Crippen molar-refractivity contribution in [1.82, 2.24) is 15.2 Å². The molecule has 0 aliphatic carbocycles. The standard InChI is InChI=1S/C19H19N3O4/c1-12-9-17(25-20-12)16-7-4-8-22(16)19(23)18-11-15(21-26-18)13-5-3-6-14(10-13)24-2/h3,5-6,9-11,16H,4,7-8H2,1-2H3. The van der Waals surface area contributed by atoms with Crippen molar-refractivity contribution in [2.24, 2.45) is 0 Å². The smallest absolute Gasteiger partial charge is 0.293 e. The van der Waals surface area contributed by atoms with Gasteiger partial charge < -0.3 is 18.7 Å². The zero-order valence-electron chi connectivity index (χ0n) is 14.6. The number of nitrogens with zero attached hydrogens (tertiary/aromatic N) is 3. The van der Waals surface area contributed by atoms with Gasteiger partial charge in [-0.2, -0.15) is 0 Å². The molecule has 0 radical (unpaired) electrons. The van der Waals surface area contributed by atoms with Crippen LogP contribution in [-0.4, -0.2) is 34.8 Å². The molecule has 1 fully saturated rings. The summed E-state index contributed by atoms with van der Waals surface area (Å²) < 4.78 is 15.9. The first-order valence-corrected chi connectivity index (χ1v) is 8.51. The van der Waals surface area contributed by atoms with Crippen LogP contribution in [0.4, 0.5) is 0 Å². The molecule has 0 spiro atoms. The highest BCUT2D eigenvalue weighted by molar-refractivity contribution is 5.93. The molecule has 1 atom stereocenters. The molecule has 26 heavy (non-hydrogen) atoms. The molecule has 7 heteroatoms. The zero-order chi connectivity index (χ0) is 18.1. The Bertz CT molecular complexity index is 930. The topological polar surface area (TPSA) is 81.6 Å². The van der Waals surface area contributed by atoms with Gasteiger partial charge in [-0.15, -0.1) is 0 Å². The van der Waals surface area contributed by atoms with Gasteiger partial charge in [-0.1, -0.05) is 22.4 Å². The molecule has 7 nitrogen and oxygen atoms in total. The number of aryl methyl sites for hydroxylation is 1. The average Bonchev–Trinajstić information content (AvgIpc) is 3.41. The average molecular weight is 353 g/mol. The third-order valence-electron chi connectivity index (χ3n) is 4.57. The number of benzene rings is 1. The molecule has 3 aromatic rings. The molecule has 0 saturated carbocycles. The third kappa shape index (κ3) is 2.96. The van der Waals surface area contributed by atoms with Crippen LogP contribution in [0, 0.1) is 6.92 Å². The van der Waals surface area contributed by atoms with Crippen molar-refractivity contribution in [1.29, 1.82) is 0 Å².